The smallest absolute Gasteiger partial charge is 0.0408 e. The molecule has 2 heterocycles. The molecular weight excluding hydrogens is 631 g/mol. The molecule has 0 saturated carbocycles. The minimum absolute atomic E-state index is 0. The van der Waals surface area contributed by atoms with Crippen LogP contribution in [0.1, 0.15) is 45.4 Å². The maximum atomic E-state index is 13.2. The van der Waals surface area contributed by atoms with E-state index in [0.29, 0.717) is 5.69 Å². The summed E-state index contributed by atoms with van der Waals surface area (Å²) in [4.78, 5) is 9.05. The molecule has 0 fully saturated rings. The number of nitrogens with zero attached hydrogens (tertiary/aromatic N) is 2. The van der Waals surface area contributed by atoms with Crippen LogP contribution >= 0.6 is 0 Å². The third kappa shape index (κ3) is 4.83. The van der Waals surface area contributed by atoms with Crippen molar-refractivity contribution in [1.29, 1.82) is 0 Å². The molecular formula is C31H26F2IrN2-2. The molecule has 0 saturated heterocycles. The summed E-state index contributed by atoms with van der Waals surface area (Å²) in [5.41, 5.74) is 4.76. The van der Waals surface area contributed by atoms with Crippen LogP contribution in [0.4, 0.5) is 8.78 Å². The SMILES string of the molecule is CC1(C)CC(C)(C)c2nc3c(ccc4ccc[c-]c43)cc21.Fc1c[c-]c(-c2ccccn2)c(F)c1.[Ir]. The van der Waals surface area contributed by atoms with E-state index in [4.69, 9.17) is 4.98 Å². The fourth-order valence-electron chi connectivity index (χ4n) is 5.30. The van der Waals surface area contributed by atoms with Gasteiger partial charge in [0.25, 0.3) is 0 Å². The second kappa shape index (κ2) is 9.80. The van der Waals surface area contributed by atoms with Crippen molar-refractivity contribution in [2.45, 2.75) is 44.9 Å². The fraction of sp³-hybridized carbons (Fsp3) is 0.226. The number of hydrogen-bond acceptors (Lipinski definition) is 2. The van der Waals surface area contributed by atoms with Crippen molar-refractivity contribution in [2.75, 3.05) is 0 Å². The summed E-state index contributed by atoms with van der Waals surface area (Å²) in [6.07, 6.45) is 2.70. The third-order valence-corrected chi connectivity index (χ3v) is 6.65. The molecule has 5 aromatic rings. The first-order chi connectivity index (χ1) is 16.7. The molecule has 2 nitrogen and oxygen atoms in total. The average Bonchev–Trinajstić information content (AvgIpc) is 3.02. The van der Waals surface area contributed by atoms with Crippen molar-refractivity contribution in [2.24, 2.45) is 0 Å². The fourth-order valence-corrected chi connectivity index (χ4v) is 5.30. The Bertz CT molecular complexity index is 1550. The molecule has 185 valence electrons. The van der Waals surface area contributed by atoms with Gasteiger partial charge in [0.15, 0.2) is 0 Å². The number of aromatic nitrogens is 2. The van der Waals surface area contributed by atoms with E-state index < -0.39 is 11.6 Å². The Morgan fingerprint density at radius 1 is 0.861 bits per heavy atom. The van der Waals surface area contributed by atoms with Gasteiger partial charge in [-0.1, -0.05) is 69.7 Å². The Morgan fingerprint density at radius 3 is 2.36 bits per heavy atom. The molecule has 0 amide bonds. The summed E-state index contributed by atoms with van der Waals surface area (Å²) in [6, 6.07) is 25.8. The summed E-state index contributed by atoms with van der Waals surface area (Å²) in [6.45, 7) is 9.30. The normalized spacial score (nSPS) is 15.1. The predicted molar refractivity (Wildman–Crippen MR) is 137 cm³/mol. The molecule has 36 heavy (non-hydrogen) atoms. The quantitative estimate of drug-likeness (QED) is 0.135. The Morgan fingerprint density at radius 2 is 1.64 bits per heavy atom. The molecule has 6 rings (SSSR count). The first-order valence-corrected chi connectivity index (χ1v) is 11.7. The Kier molecular flexibility index (Phi) is 7.10. The first kappa shape index (κ1) is 26.1. The van der Waals surface area contributed by atoms with E-state index in [1.54, 1.807) is 24.4 Å². The van der Waals surface area contributed by atoms with Crippen molar-refractivity contribution in [1.82, 2.24) is 9.97 Å². The number of benzene rings is 3. The van der Waals surface area contributed by atoms with E-state index >= 15 is 0 Å². The van der Waals surface area contributed by atoms with Crippen LogP contribution in [0.3, 0.4) is 0 Å². The van der Waals surface area contributed by atoms with Crippen LogP contribution in [0.5, 0.6) is 0 Å². The Balaban J connectivity index is 0.000000178. The van der Waals surface area contributed by atoms with E-state index in [1.807, 2.05) is 12.1 Å². The number of rotatable bonds is 1. The number of halogens is 2. The van der Waals surface area contributed by atoms with Gasteiger partial charge in [-0.25, -0.2) is 0 Å². The molecule has 1 aliphatic carbocycles. The van der Waals surface area contributed by atoms with E-state index in [-0.39, 0.29) is 36.5 Å². The molecule has 0 atom stereocenters. The minimum Gasteiger partial charge on any atom is -0.305 e. The number of pyridine rings is 2. The van der Waals surface area contributed by atoms with E-state index in [1.165, 1.54) is 22.0 Å². The molecule has 0 spiro atoms. The van der Waals surface area contributed by atoms with Crippen LogP contribution in [0.25, 0.3) is 32.9 Å². The van der Waals surface area contributed by atoms with Gasteiger partial charge in [-0.05, 0) is 40.1 Å². The van der Waals surface area contributed by atoms with Crippen molar-refractivity contribution in [3.63, 3.8) is 0 Å². The van der Waals surface area contributed by atoms with Gasteiger partial charge in [-0.3, -0.25) is 13.8 Å². The summed E-state index contributed by atoms with van der Waals surface area (Å²) >= 11 is 0. The summed E-state index contributed by atoms with van der Waals surface area (Å²) in [5, 5.41) is 3.58. The van der Waals surface area contributed by atoms with Gasteiger partial charge in [0.2, 0.25) is 0 Å². The van der Waals surface area contributed by atoms with Crippen LogP contribution in [0, 0.1) is 23.8 Å². The van der Waals surface area contributed by atoms with Crippen LogP contribution in [0.2, 0.25) is 0 Å². The maximum Gasteiger partial charge on any atom is 0.0408 e. The molecule has 0 aliphatic heterocycles. The van der Waals surface area contributed by atoms with Gasteiger partial charge in [0.05, 0.1) is 0 Å². The summed E-state index contributed by atoms with van der Waals surface area (Å²) < 4.78 is 25.8. The molecule has 0 N–H and O–H groups in total. The minimum atomic E-state index is -0.649. The van der Waals surface area contributed by atoms with Gasteiger partial charge in [-0.2, -0.15) is 0 Å². The zero-order chi connectivity index (χ0) is 24.8. The molecule has 1 aliphatic rings. The van der Waals surface area contributed by atoms with Gasteiger partial charge in [0.1, 0.15) is 0 Å². The van der Waals surface area contributed by atoms with Crippen LogP contribution in [0.15, 0.2) is 72.9 Å². The topological polar surface area (TPSA) is 25.8 Å². The van der Waals surface area contributed by atoms with Crippen molar-refractivity contribution in [3.05, 3.63) is 108 Å². The molecule has 3 aromatic carbocycles. The third-order valence-electron chi connectivity index (χ3n) is 6.65. The van der Waals surface area contributed by atoms with E-state index in [2.05, 4.69) is 69.1 Å². The second-order valence-corrected chi connectivity index (χ2v) is 10.4. The van der Waals surface area contributed by atoms with Gasteiger partial charge in [0, 0.05) is 49.0 Å². The van der Waals surface area contributed by atoms with Crippen molar-refractivity contribution in [3.8, 4) is 11.3 Å². The summed E-state index contributed by atoms with van der Waals surface area (Å²) in [7, 11) is 0. The molecule has 0 unspecified atom stereocenters. The molecule has 1 radical (unpaired) electrons. The predicted octanol–water partition coefficient (Wildman–Crippen LogP) is 7.97. The largest absolute Gasteiger partial charge is 0.305 e. The van der Waals surface area contributed by atoms with Crippen molar-refractivity contribution >= 4 is 21.7 Å². The monoisotopic (exact) mass is 657 g/mol. The zero-order valence-corrected chi connectivity index (χ0v) is 23.0. The van der Waals surface area contributed by atoms with Gasteiger partial charge < -0.3 is 4.98 Å². The second-order valence-electron chi connectivity index (χ2n) is 10.4. The summed E-state index contributed by atoms with van der Waals surface area (Å²) in [5.74, 6) is -1.29. The van der Waals surface area contributed by atoms with Crippen LogP contribution in [-0.2, 0) is 30.9 Å². The van der Waals surface area contributed by atoms with E-state index in [0.717, 1.165) is 29.5 Å². The van der Waals surface area contributed by atoms with Gasteiger partial charge >= 0.3 is 0 Å². The standard InChI is InChI=1S/C20H20N.C11H6F2N.Ir/c1-19(2)12-20(3,4)18-16(19)11-14-10-9-13-7-5-6-8-15(13)17(14)21-18;12-8-4-5-9(10(13)7-8)11-3-1-2-6-14-11;/h5-7,9-11H,12H2,1-4H3;1-4,6-7H;/q2*-1;. The van der Waals surface area contributed by atoms with Gasteiger partial charge in [-0.15, -0.1) is 47.2 Å². The average molecular weight is 657 g/mol. The van der Waals surface area contributed by atoms with E-state index in [9.17, 15) is 8.78 Å². The Hall–Kier alpha value is -3.01. The molecule has 5 heteroatoms. The van der Waals surface area contributed by atoms with Crippen LogP contribution in [-0.4, -0.2) is 9.97 Å². The zero-order valence-electron chi connectivity index (χ0n) is 20.6. The number of fused-ring (bicyclic) bond motifs is 4. The van der Waals surface area contributed by atoms with Crippen molar-refractivity contribution < 1.29 is 28.9 Å². The maximum absolute atomic E-state index is 13.2. The first-order valence-electron chi connectivity index (χ1n) is 11.7. The Labute approximate surface area is 224 Å². The molecule has 2 aromatic heterocycles. The van der Waals surface area contributed by atoms with Crippen LogP contribution < -0.4 is 0 Å². The molecule has 0 bridgehead atoms. The number of hydrogen-bond donors (Lipinski definition) is 0.